The van der Waals surface area contributed by atoms with Crippen molar-refractivity contribution in [3.8, 4) is 0 Å². The summed E-state index contributed by atoms with van der Waals surface area (Å²) < 4.78 is 1.98. The van der Waals surface area contributed by atoms with E-state index in [1.807, 2.05) is 59.1 Å². The molecule has 1 aliphatic heterocycles. The number of aromatic nitrogens is 1. The molecule has 29 heavy (non-hydrogen) atoms. The van der Waals surface area contributed by atoms with E-state index in [9.17, 15) is 9.59 Å². The molecule has 6 nitrogen and oxygen atoms in total. The fraction of sp³-hybridized carbons (Fsp3) is 0.273. The van der Waals surface area contributed by atoms with Crippen LogP contribution in [0.1, 0.15) is 10.4 Å². The van der Waals surface area contributed by atoms with Crippen LogP contribution in [0.3, 0.4) is 0 Å². The Morgan fingerprint density at radius 3 is 2.45 bits per heavy atom. The lowest BCUT2D eigenvalue weighted by Gasteiger charge is -2.34. The van der Waals surface area contributed by atoms with E-state index in [4.69, 9.17) is 11.6 Å². The van der Waals surface area contributed by atoms with Gasteiger partial charge < -0.3 is 14.8 Å². The third-order valence-electron chi connectivity index (χ3n) is 5.30. The zero-order valence-electron chi connectivity index (χ0n) is 16.3. The molecule has 2 heterocycles. The average Bonchev–Trinajstić information content (AvgIpc) is 3.07. The number of nitrogens with one attached hydrogen (secondary N) is 1. The monoisotopic (exact) mass is 410 g/mol. The van der Waals surface area contributed by atoms with Crippen LogP contribution in [0.15, 0.2) is 54.7 Å². The predicted octanol–water partition coefficient (Wildman–Crippen LogP) is 3.23. The summed E-state index contributed by atoms with van der Waals surface area (Å²) in [5.41, 5.74) is 2.39. The fourth-order valence-electron chi connectivity index (χ4n) is 3.75. The highest BCUT2D eigenvalue weighted by Crippen LogP contribution is 2.23. The number of anilines is 1. The Hall–Kier alpha value is -2.83. The topological polar surface area (TPSA) is 57.6 Å². The number of halogens is 1. The van der Waals surface area contributed by atoms with Gasteiger partial charge in [0.1, 0.15) is 0 Å². The van der Waals surface area contributed by atoms with Gasteiger partial charge in [-0.1, -0.05) is 41.9 Å². The number of benzene rings is 2. The van der Waals surface area contributed by atoms with Gasteiger partial charge in [-0.05, 0) is 18.2 Å². The molecule has 0 bridgehead atoms. The van der Waals surface area contributed by atoms with Crippen molar-refractivity contribution >= 4 is 40.0 Å². The van der Waals surface area contributed by atoms with Crippen LogP contribution < -0.4 is 5.32 Å². The van der Waals surface area contributed by atoms with Crippen molar-refractivity contribution in [2.45, 2.75) is 0 Å². The SMILES string of the molecule is Cn1cc(C(=O)N2CCN(CC(=O)Nc3ccccc3Cl)CC2)c2ccccc21. The Bertz CT molecular complexity index is 1050. The van der Waals surface area contributed by atoms with Crippen LogP contribution in [-0.2, 0) is 11.8 Å². The molecule has 1 aromatic heterocycles. The first kappa shape index (κ1) is 19.5. The van der Waals surface area contributed by atoms with Gasteiger partial charge >= 0.3 is 0 Å². The second-order valence-electron chi connectivity index (χ2n) is 7.27. The molecule has 0 saturated carbocycles. The number of nitrogens with zero attached hydrogens (tertiary/aromatic N) is 3. The Balaban J connectivity index is 1.35. The maximum absolute atomic E-state index is 13.0. The summed E-state index contributed by atoms with van der Waals surface area (Å²) in [5, 5.41) is 4.34. The summed E-state index contributed by atoms with van der Waals surface area (Å²) >= 11 is 6.09. The lowest BCUT2D eigenvalue weighted by atomic mass is 10.1. The number of rotatable bonds is 4. The Labute approximate surface area is 174 Å². The molecule has 1 aliphatic rings. The molecule has 1 fully saturated rings. The highest BCUT2D eigenvalue weighted by atomic mass is 35.5. The van der Waals surface area contributed by atoms with Gasteiger partial charge in [-0.2, -0.15) is 0 Å². The Morgan fingerprint density at radius 2 is 1.69 bits per heavy atom. The van der Waals surface area contributed by atoms with Gasteiger partial charge in [0.25, 0.3) is 5.91 Å². The summed E-state index contributed by atoms with van der Waals surface area (Å²) in [6, 6.07) is 15.1. The van der Waals surface area contributed by atoms with Crippen molar-refractivity contribution in [1.29, 1.82) is 0 Å². The number of hydrogen-bond donors (Lipinski definition) is 1. The summed E-state index contributed by atoms with van der Waals surface area (Å²) in [6.45, 7) is 2.79. The number of aryl methyl sites for hydroxylation is 1. The second-order valence-corrected chi connectivity index (χ2v) is 7.67. The molecule has 150 valence electrons. The molecule has 1 saturated heterocycles. The third kappa shape index (κ3) is 4.13. The first-order chi connectivity index (χ1) is 14.0. The Morgan fingerprint density at radius 1 is 1.00 bits per heavy atom. The van der Waals surface area contributed by atoms with Crippen molar-refractivity contribution in [1.82, 2.24) is 14.4 Å². The van der Waals surface area contributed by atoms with E-state index in [1.165, 1.54) is 0 Å². The molecule has 0 radical (unpaired) electrons. The minimum atomic E-state index is -0.105. The molecule has 4 rings (SSSR count). The quantitative estimate of drug-likeness (QED) is 0.718. The first-order valence-corrected chi connectivity index (χ1v) is 10.0. The lowest BCUT2D eigenvalue weighted by molar-refractivity contribution is -0.117. The lowest BCUT2D eigenvalue weighted by Crippen LogP contribution is -2.50. The second kappa shape index (κ2) is 8.27. The predicted molar refractivity (Wildman–Crippen MR) is 115 cm³/mol. The van der Waals surface area contributed by atoms with Gasteiger partial charge in [-0.25, -0.2) is 0 Å². The number of carbonyl (C=O) groups excluding carboxylic acids is 2. The normalized spacial score (nSPS) is 14.9. The summed E-state index contributed by atoms with van der Waals surface area (Å²) in [5.74, 6) is -0.0612. The van der Waals surface area contributed by atoms with Crippen LogP contribution in [-0.4, -0.2) is 58.9 Å². The number of para-hydroxylation sites is 2. The molecule has 2 amide bonds. The zero-order chi connectivity index (χ0) is 20.4. The average molecular weight is 411 g/mol. The third-order valence-corrected chi connectivity index (χ3v) is 5.63. The van der Waals surface area contributed by atoms with Crippen LogP contribution in [0.5, 0.6) is 0 Å². The van der Waals surface area contributed by atoms with Gasteiger partial charge in [0.2, 0.25) is 5.91 Å². The van der Waals surface area contributed by atoms with Crippen LogP contribution in [0, 0.1) is 0 Å². The molecule has 7 heteroatoms. The number of fused-ring (bicyclic) bond motifs is 1. The highest BCUT2D eigenvalue weighted by molar-refractivity contribution is 6.33. The molecule has 1 N–H and O–H groups in total. The number of hydrogen-bond acceptors (Lipinski definition) is 3. The molecule has 2 aromatic carbocycles. The van der Waals surface area contributed by atoms with E-state index in [2.05, 4.69) is 10.2 Å². The minimum absolute atomic E-state index is 0.0435. The van der Waals surface area contributed by atoms with Crippen LogP contribution in [0.2, 0.25) is 5.02 Å². The van der Waals surface area contributed by atoms with Crippen molar-refractivity contribution in [3.63, 3.8) is 0 Å². The summed E-state index contributed by atoms with van der Waals surface area (Å²) in [7, 11) is 1.95. The van der Waals surface area contributed by atoms with E-state index >= 15 is 0 Å². The van der Waals surface area contributed by atoms with E-state index in [-0.39, 0.29) is 18.4 Å². The minimum Gasteiger partial charge on any atom is -0.350 e. The zero-order valence-corrected chi connectivity index (χ0v) is 17.0. The van der Waals surface area contributed by atoms with E-state index < -0.39 is 0 Å². The molecule has 0 unspecified atom stereocenters. The largest absolute Gasteiger partial charge is 0.350 e. The van der Waals surface area contributed by atoms with E-state index in [1.54, 1.807) is 12.1 Å². The van der Waals surface area contributed by atoms with Gasteiger partial charge in [-0.3, -0.25) is 14.5 Å². The molecular formula is C22H23ClN4O2. The van der Waals surface area contributed by atoms with Crippen molar-refractivity contribution < 1.29 is 9.59 Å². The van der Waals surface area contributed by atoms with Gasteiger partial charge in [0.15, 0.2) is 0 Å². The van der Waals surface area contributed by atoms with Crippen LogP contribution in [0.25, 0.3) is 10.9 Å². The maximum atomic E-state index is 13.0. The van der Waals surface area contributed by atoms with Crippen molar-refractivity contribution in [2.24, 2.45) is 7.05 Å². The standard InChI is InChI=1S/C22H23ClN4O2/c1-25-14-17(16-6-2-5-9-20(16)25)22(29)27-12-10-26(11-13-27)15-21(28)24-19-8-4-3-7-18(19)23/h2-9,14H,10-13,15H2,1H3,(H,24,28). The first-order valence-electron chi connectivity index (χ1n) is 9.63. The Kier molecular flexibility index (Phi) is 5.56. The van der Waals surface area contributed by atoms with Crippen LogP contribution >= 0.6 is 11.6 Å². The van der Waals surface area contributed by atoms with Gasteiger partial charge in [0, 0.05) is 50.3 Å². The highest BCUT2D eigenvalue weighted by Gasteiger charge is 2.25. The molecule has 0 atom stereocenters. The number of carbonyl (C=O) groups is 2. The van der Waals surface area contributed by atoms with Gasteiger partial charge in [-0.15, -0.1) is 0 Å². The van der Waals surface area contributed by atoms with Gasteiger partial charge in [0.05, 0.1) is 22.8 Å². The smallest absolute Gasteiger partial charge is 0.256 e. The molecule has 3 aromatic rings. The molecule has 0 aliphatic carbocycles. The molecular weight excluding hydrogens is 388 g/mol. The fourth-order valence-corrected chi connectivity index (χ4v) is 3.93. The van der Waals surface area contributed by atoms with Crippen LogP contribution in [0.4, 0.5) is 5.69 Å². The maximum Gasteiger partial charge on any atom is 0.256 e. The molecule has 0 spiro atoms. The van der Waals surface area contributed by atoms with E-state index in [0.717, 1.165) is 16.5 Å². The van der Waals surface area contributed by atoms with E-state index in [0.29, 0.717) is 36.9 Å². The summed E-state index contributed by atoms with van der Waals surface area (Å²) in [6.07, 6.45) is 1.90. The van der Waals surface area contributed by atoms with Crippen molar-refractivity contribution in [3.05, 3.63) is 65.3 Å². The number of piperazine rings is 1. The van der Waals surface area contributed by atoms with Crippen molar-refractivity contribution in [2.75, 3.05) is 38.0 Å². The number of amides is 2. The summed E-state index contributed by atoms with van der Waals surface area (Å²) in [4.78, 5) is 29.3.